The maximum absolute atomic E-state index is 10.1. The van der Waals surface area contributed by atoms with Gasteiger partial charge in [0, 0.05) is 4.88 Å². The molecule has 1 heterocycles. The molecule has 23 heavy (non-hydrogen) atoms. The topological polar surface area (TPSA) is 87.1 Å². The lowest BCUT2D eigenvalue weighted by Crippen LogP contribution is -2.29. The molecule has 3 rings (SSSR count). The predicted octanol–water partition coefficient (Wildman–Crippen LogP) is 2.75. The number of rotatable bonds is 4. The van der Waals surface area contributed by atoms with Crippen LogP contribution in [0.25, 0.3) is 0 Å². The Morgan fingerprint density at radius 3 is 3.17 bits per heavy atom. The van der Waals surface area contributed by atoms with Gasteiger partial charge in [0.05, 0.1) is 5.69 Å². The predicted molar refractivity (Wildman–Crippen MR) is 89.7 cm³/mol. The lowest BCUT2D eigenvalue weighted by molar-refractivity contribution is -0.132. The van der Waals surface area contributed by atoms with E-state index in [4.69, 9.17) is 5.41 Å². The fraction of sp³-hybridized carbons (Fsp3) is 0.312. The third kappa shape index (κ3) is 3.68. The van der Waals surface area contributed by atoms with Gasteiger partial charge in [-0.25, -0.2) is 4.98 Å². The summed E-state index contributed by atoms with van der Waals surface area (Å²) >= 11 is 1.55. The van der Waals surface area contributed by atoms with Gasteiger partial charge in [0.1, 0.15) is 0 Å². The van der Waals surface area contributed by atoms with Crippen LogP contribution >= 0.6 is 11.3 Å². The van der Waals surface area contributed by atoms with Crippen molar-refractivity contribution in [3.8, 4) is 0 Å². The first-order valence-corrected chi connectivity index (χ1v) is 8.23. The van der Waals surface area contributed by atoms with E-state index in [1.54, 1.807) is 11.3 Å². The van der Waals surface area contributed by atoms with E-state index < -0.39 is 0 Å². The number of carbonyl (C=O) groups excluding carboxylic acids is 1. The number of benzene rings is 1. The van der Waals surface area contributed by atoms with E-state index in [0.717, 1.165) is 25.0 Å². The minimum absolute atomic E-state index is 0.113. The second kappa shape index (κ2) is 6.78. The highest BCUT2D eigenvalue weighted by atomic mass is 32.1. The van der Waals surface area contributed by atoms with Crippen LogP contribution in [0.15, 0.2) is 24.3 Å². The van der Waals surface area contributed by atoms with Crippen molar-refractivity contribution in [2.45, 2.75) is 32.1 Å². The lowest BCUT2D eigenvalue weighted by Gasteiger charge is -2.21. The number of nitrogens with zero attached hydrogens (tertiary/aromatic N) is 1. The Bertz CT molecular complexity index is 729. The van der Waals surface area contributed by atoms with E-state index in [9.17, 15) is 4.79 Å². The molecule has 7 heteroatoms. The number of hydrogen-bond donors (Lipinski definition) is 3. The van der Waals surface area contributed by atoms with Crippen molar-refractivity contribution in [3.05, 3.63) is 46.0 Å². The summed E-state index contributed by atoms with van der Waals surface area (Å²) in [7, 11) is 0. The van der Waals surface area contributed by atoms with E-state index in [2.05, 4.69) is 51.8 Å². The van der Waals surface area contributed by atoms with Crippen LogP contribution in [-0.4, -0.2) is 17.4 Å². The van der Waals surface area contributed by atoms with E-state index in [0.29, 0.717) is 11.0 Å². The maximum atomic E-state index is 10.1. The number of carbonyl (C=O) groups is 1. The molecule has 0 saturated heterocycles. The minimum atomic E-state index is -0.113. The van der Waals surface area contributed by atoms with Crippen LogP contribution in [-0.2, 0) is 22.5 Å². The van der Waals surface area contributed by atoms with Crippen molar-refractivity contribution in [2.75, 3.05) is 5.32 Å². The summed E-state index contributed by atoms with van der Waals surface area (Å²) in [6, 6.07) is 8.68. The number of hydroxylamine groups is 1. The molecule has 3 N–H and O–H groups in total. The number of thiazole rings is 1. The van der Waals surface area contributed by atoms with Gasteiger partial charge < -0.3 is 4.84 Å². The van der Waals surface area contributed by atoms with Crippen molar-refractivity contribution in [1.29, 1.82) is 5.41 Å². The summed E-state index contributed by atoms with van der Waals surface area (Å²) in [6.07, 6.45) is 3.00. The highest BCUT2D eigenvalue weighted by molar-refractivity contribution is 7.15. The molecular weight excluding hydrogens is 312 g/mol. The van der Waals surface area contributed by atoms with Crippen molar-refractivity contribution in [1.82, 2.24) is 10.5 Å². The van der Waals surface area contributed by atoms with E-state index in [1.807, 2.05) is 0 Å². The molecular formula is C16H18N4O2S. The molecule has 6 nitrogen and oxygen atoms in total. The number of hydrogen-bond acceptors (Lipinski definition) is 5. The Morgan fingerprint density at radius 1 is 1.52 bits per heavy atom. The summed E-state index contributed by atoms with van der Waals surface area (Å²) in [6.45, 7) is 2.35. The molecule has 1 aliphatic rings. The average Bonchev–Trinajstić information content (AvgIpc) is 2.94. The first-order chi connectivity index (χ1) is 11.2. The average molecular weight is 330 g/mol. The number of anilines is 1. The fourth-order valence-corrected chi connectivity index (χ4v) is 3.94. The van der Waals surface area contributed by atoms with Crippen LogP contribution in [0.3, 0.4) is 0 Å². The fourth-order valence-electron chi connectivity index (χ4n) is 2.85. The van der Waals surface area contributed by atoms with Crippen molar-refractivity contribution in [2.24, 2.45) is 0 Å². The molecule has 1 aliphatic carbocycles. The summed E-state index contributed by atoms with van der Waals surface area (Å²) in [5.74, 6) is 0.408. The highest BCUT2D eigenvalue weighted by Gasteiger charge is 2.24. The van der Waals surface area contributed by atoms with Gasteiger partial charge in [0.2, 0.25) is 5.96 Å². The molecule has 0 saturated carbocycles. The van der Waals surface area contributed by atoms with Crippen molar-refractivity contribution < 1.29 is 9.63 Å². The molecule has 0 bridgehead atoms. The minimum Gasteiger partial charge on any atom is -0.344 e. The lowest BCUT2D eigenvalue weighted by atomic mass is 9.85. The second-order valence-corrected chi connectivity index (χ2v) is 6.64. The van der Waals surface area contributed by atoms with E-state index in [-0.39, 0.29) is 12.4 Å². The summed E-state index contributed by atoms with van der Waals surface area (Å²) < 4.78 is 0. The monoisotopic (exact) mass is 330 g/mol. The van der Waals surface area contributed by atoms with Crippen LogP contribution < -0.4 is 10.8 Å². The van der Waals surface area contributed by atoms with E-state index >= 15 is 0 Å². The molecule has 1 aromatic heterocycles. The number of nitrogens with one attached hydrogen (secondary N) is 3. The molecule has 0 radical (unpaired) electrons. The SMILES string of the molecule is Cc1cccc(C2CCc3nc(NC(=N)NOC=O)sc3C2)c1. The van der Waals surface area contributed by atoms with Crippen LogP contribution in [0.5, 0.6) is 0 Å². The molecule has 1 aromatic carbocycles. The number of guanidine groups is 1. The Morgan fingerprint density at radius 2 is 2.39 bits per heavy atom. The number of aromatic nitrogens is 1. The molecule has 120 valence electrons. The summed E-state index contributed by atoms with van der Waals surface area (Å²) in [4.78, 5) is 20.2. The van der Waals surface area contributed by atoms with Crippen LogP contribution in [0.4, 0.5) is 5.13 Å². The smallest absolute Gasteiger partial charge is 0.320 e. The molecule has 0 amide bonds. The first kappa shape index (κ1) is 15.5. The van der Waals surface area contributed by atoms with Crippen LogP contribution in [0, 0.1) is 12.3 Å². The van der Waals surface area contributed by atoms with Crippen molar-refractivity contribution >= 4 is 28.9 Å². The van der Waals surface area contributed by atoms with Gasteiger partial charge in [-0.1, -0.05) is 29.8 Å². The van der Waals surface area contributed by atoms with Crippen molar-refractivity contribution in [3.63, 3.8) is 0 Å². The first-order valence-electron chi connectivity index (χ1n) is 7.41. The summed E-state index contributed by atoms with van der Waals surface area (Å²) in [5.41, 5.74) is 5.94. The Hall–Kier alpha value is -2.41. The molecule has 1 atom stereocenters. The Kier molecular flexibility index (Phi) is 4.57. The van der Waals surface area contributed by atoms with Crippen LogP contribution in [0.2, 0.25) is 0 Å². The molecule has 0 fully saturated rings. The Labute approximate surface area is 138 Å². The van der Waals surface area contributed by atoms with Gasteiger partial charge in [-0.05, 0) is 37.7 Å². The van der Waals surface area contributed by atoms with Gasteiger partial charge >= 0.3 is 6.47 Å². The van der Waals surface area contributed by atoms with Crippen LogP contribution in [0.1, 0.15) is 34.0 Å². The maximum Gasteiger partial charge on any atom is 0.320 e. The van der Waals surface area contributed by atoms with Gasteiger partial charge in [0.15, 0.2) is 5.13 Å². The molecule has 1 unspecified atom stereocenters. The largest absolute Gasteiger partial charge is 0.344 e. The zero-order valence-corrected chi connectivity index (χ0v) is 13.6. The molecule has 2 aromatic rings. The Balaban J connectivity index is 1.69. The normalized spacial score (nSPS) is 16.3. The third-order valence-electron chi connectivity index (χ3n) is 3.89. The van der Waals surface area contributed by atoms with Gasteiger partial charge in [-0.2, -0.15) is 5.48 Å². The standard InChI is InChI=1S/C16H18N4O2S/c1-10-3-2-4-11(7-10)12-5-6-13-14(8-12)23-16(18-13)19-15(17)20-22-9-21/h2-4,7,9,12H,5-6,8H2,1H3,(H3,17,18,19,20). The van der Waals surface area contributed by atoms with Gasteiger partial charge in [0.25, 0.3) is 0 Å². The number of fused-ring (bicyclic) bond motifs is 1. The highest BCUT2D eigenvalue weighted by Crippen LogP contribution is 2.37. The number of aryl methyl sites for hydroxylation is 2. The summed E-state index contributed by atoms with van der Waals surface area (Å²) in [5, 5.41) is 11.0. The third-order valence-corrected chi connectivity index (χ3v) is 4.93. The quantitative estimate of drug-likeness (QED) is 0.347. The van der Waals surface area contributed by atoms with Gasteiger partial charge in [-0.15, -0.1) is 11.3 Å². The van der Waals surface area contributed by atoms with E-state index in [1.165, 1.54) is 16.0 Å². The zero-order valence-electron chi connectivity index (χ0n) is 12.8. The van der Waals surface area contributed by atoms with Gasteiger partial charge in [-0.3, -0.25) is 15.5 Å². The molecule has 0 aliphatic heterocycles. The zero-order chi connectivity index (χ0) is 16.2. The second-order valence-electron chi connectivity index (χ2n) is 5.56. The molecule has 0 spiro atoms.